The predicted octanol–water partition coefficient (Wildman–Crippen LogP) is 6.54. The van der Waals surface area contributed by atoms with Crippen molar-refractivity contribution in [2.24, 2.45) is 0 Å². The zero-order chi connectivity index (χ0) is 21.9. The third-order valence-electron chi connectivity index (χ3n) is 6.13. The summed E-state index contributed by atoms with van der Waals surface area (Å²) in [7, 11) is 0. The molecule has 3 rings (SSSR count). The van der Waals surface area contributed by atoms with E-state index in [0.29, 0.717) is 6.54 Å². The second kappa shape index (κ2) is 12.3. The van der Waals surface area contributed by atoms with Crippen molar-refractivity contribution in [3.05, 3.63) is 59.2 Å². The predicted molar refractivity (Wildman–Crippen MR) is 125 cm³/mol. The summed E-state index contributed by atoms with van der Waals surface area (Å²) in [4.78, 5) is 25.2. The summed E-state index contributed by atoms with van der Waals surface area (Å²) in [6.45, 7) is 3.13. The van der Waals surface area contributed by atoms with Crippen LogP contribution in [-0.2, 0) is 22.6 Å². The van der Waals surface area contributed by atoms with Crippen molar-refractivity contribution >= 4 is 12.4 Å². The molecule has 4 nitrogen and oxygen atoms in total. The van der Waals surface area contributed by atoms with Gasteiger partial charge in [-0.15, -0.1) is 0 Å². The van der Waals surface area contributed by atoms with Crippen LogP contribution < -0.4 is 0 Å². The van der Waals surface area contributed by atoms with Crippen molar-refractivity contribution < 1.29 is 14.3 Å². The van der Waals surface area contributed by atoms with E-state index in [9.17, 15) is 9.59 Å². The number of ether oxygens (including phenoxy) is 1. The number of carbonyl (C=O) groups excluding carboxylic acids is 2. The van der Waals surface area contributed by atoms with Crippen LogP contribution in [0.5, 0.6) is 0 Å². The molecule has 0 N–H and O–H groups in total. The minimum atomic E-state index is -0.400. The fourth-order valence-corrected chi connectivity index (χ4v) is 4.37. The van der Waals surface area contributed by atoms with Gasteiger partial charge in [-0.1, -0.05) is 94.3 Å². The van der Waals surface area contributed by atoms with Crippen LogP contribution in [0.15, 0.2) is 42.5 Å². The van der Waals surface area contributed by atoms with Crippen molar-refractivity contribution in [1.82, 2.24) is 4.90 Å². The average molecular weight is 422 g/mol. The van der Waals surface area contributed by atoms with E-state index in [0.717, 1.165) is 31.1 Å². The average Bonchev–Trinajstić information content (AvgIpc) is 3.18. The molecule has 0 fully saturated rings. The molecule has 2 aromatic carbocycles. The van der Waals surface area contributed by atoms with Crippen molar-refractivity contribution in [2.75, 3.05) is 13.1 Å². The number of carbonyl (C=O) groups is 2. The lowest BCUT2D eigenvalue weighted by atomic mass is 10.0. The molecule has 0 aromatic heterocycles. The summed E-state index contributed by atoms with van der Waals surface area (Å²) in [6.07, 6.45) is 10.9. The van der Waals surface area contributed by atoms with Crippen molar-refractivity contribution in [3.63, 3.8) is 0 Å². The Kier molecular flexibility index (Phi) is 9.14. The highest BCUT2D eigenvalue weighted by molar-refractivity contribution is 5.78. The minimum Gasteiger partial charge on any atom is -0.445 e. The highest BCUT2D eigenvalue weighted by Gasteiger charge is 2.21. The van der Waals surface area contributed by atoms with Gasteiger partial charge in [0.25, 0.3) is 0 Å². The fraction of sp³-hybridized carbons (Fsp3) is 0.481. The van der Waals surface area contributed by atoms with Crippen LogP contribution in [0.4, 0.5) is 4.79 Å². The molecular formula is C27H35NO3. The second-order valence-electron chi connectivity index (χ2n) is 8.42. The van der Waals surface area contributed by atoms with E-state index in [1.807, 2.05) is 12.1 Å². The van der Waals surface area contributed by atoms with E-state index in [4.69, 9.17) is 4.74 Å². The Hall–Kier alpha value is -2.62. The first-order chi connectivity index (χ1) is 15.2. The summed E-state index contributed by atoms with van der Waals surface area (Å²) in [5.74, 6) is 0. The molecule has 4 heteroatoms. The molecule has 0 saturated carbocycles. The Morgan fingerprint density at radius 1 is 0.935 bits per heavy atom. The molecule has 0 spiro atoms. The number of unbranched alkanes of at least 4 members (excludes halogenated alkanes) is 7. The van der Waals surface area contributed by atoms with Gasteiger partial charge in [0.2, 0.25) is 0 Å². The molecule has 0 saturated heterocycles. The van der Waals surface area contributed by atoms with Crippen LogP contribution in [0.25, 0.3) is 11.1 Å². The third-order valence-corrected chi connectivity index (χ3v) is 6.13. The van der Waals surface area contributed by atoms with Crippen LogP contribution in [0.1, 0.15) is 75.0 Å². The monoisotopic (exact) mass is 421 g/mol. The third kappa shape index (κ3) is 6.43. The zero-order valence-electron chi connectivity index (χ0n) is 18.8. The first-order valence-corrected chi connectivity index (χ1v) is 11.8. The van der Waals surface area contributed by atoms with Crippen LogP contribution in [0.3, 0.4) is 0 Å². The minimum absolute atomic E-state index is 0.0909. The SMILES string of the molecule is CCCCCCCCCCN(CC=O)C(=O)OCc1cccc2c1Cc1ccccc1-2. The molecule has 0 aliphatic heterocycles. The summed E-state index contributed by atoms with van der Waals surface area (Å²) in [5, 5.41) is 0. The Morgan fingerprint density at radius 3 is 2.42 bits per heavy atom. The van der Waals surface area contributed by atoms with E-state index >= 15 is 0 Å². The Labute approximate surface area is 186 Å². The van der Waals surface area contributed by atoms with Crippen molar-refractivity contribution in [3.8, 4) is 11.1 Å². The number of benzene rings is 2. The van der Waals surface area contributed by atoms with Gasteiger partial charge in [0, 0.05) is 6.54 Å². The maximum absolute atomic E-state index is 12.6. The van der Waals surface area contributed by atoms with Crippen LogP contribution >= 0.6 is 0 Å². The molecule has 0 heterocycles. The lowest BCUT2D eigenvalue weighted by Crippen LogP contribution is -2.34. The van der Waals surface area contributed by atoms with E-state index in [1.165, 1.54) is 65.7 Å². The summed E-state index contributed by atoms with van der Waals surface area (Å²) >= 11 is 0. The molecule has 2 aromatic rings. The Balaban J connectivity index is 1.47. The molecule has 1 amide bonds. The van der Waals surface area contributed by atoms with Gasteiger partial charge in [-0.3, -0.25) is 0 Å². The molecule has 0 bridgehead atoms. The number of amides is 1. The summed E-state index contributed by atoms with van der Waals surface area (Å²) in [5.41, 5.74) is 6.09. The molecular weight excluding hydrogens is 386 g/mol. The maximum Gasteiger partial charge on any atom is 0.410 e. The maximum atomic E-state index is 12.6. The lowest BCUT2D eigenvalue weighted by Gasteiger charge is -2.20. The van der Waals surface area contributed by atoms with Gasteiger partial charge in [0.15, 0.2) is 0 Å². The number of hydrogen-bond acceptors (Lipinski definition) is 3. The fourth-order valence-electron chi connectivity index (χ4n) is 4.37. The number of hydrogen-bond donors (Lipinski definition) is 0. The molecule has 1 aliphatic carbocycles. The van der Waals surface area contributed by atoms with Gasteiger partial charge in [0.05, 0.1) is 6.54 Å². The first kappa shape index (κ1) is 23.1. The van der Waals surface area contributed by atoms with Gasteiger partial charge >= 0.3 is 6.09 Å². The zero-order valence-corrected chi connectivity index (χ0v) is 18.8. The summed E-state index contributed by atoms with van der Waals surface area (Å²) < 4.78 is 5.62. The van der Waals surface area contributed by atoms with Gasteiger partial charge in [0.1, 0.15) is 12.9 Å². The van der Waals surface area contributed by atoms with Crippen molar-refractivity contribution in [2.45, 2.75) is 71.3 Å². The van der Waals surface area contributed by atoms with Gasteiger partial charge in [-0.05, 0) is 40.7 Å². The van der Waals surface area contributed by atoms with Gasteiger partial charge in [-0.2, -0.15) is 0 Å². The lowest BCUT2D eigenvalue weighted by molar-refractivity contribution is -0.108. The van der Waals surface area contributed by atoms with E-state index < -0.39 is 6.09 Å². The highest BCUT2D eigenvalue weighted by Crippen LogP contribution is 2.38. The molecule has 0 atom stereocenters. The number of nitrogens with zero attached hydrogens (tertiary/aromatic N) is 1. The van der Waals surface area contributed by atoms with E-state index in [-0.39, 0.29) is 13.2 Å². The summed E-state index contributed by atoms with van der Waals surface area (Å²) in [6, 6.07) is 14.6. The Bertz CT molecular complexity index is 861. The van der Waals surface area contributed by atoms with E-state index in [1.54, 1.807) is 0 Å². The molecule has 166 valence electrons. The highest BCUT2D eigenvalue weighted by atomic mass is 16.6. The second-order valence-corrected chi connectivity index (χ2v) is 8.42. The van der Waals surface area contributed by atoms with Crippen LogP contribution in [0, 0.1) is 0 Å². The normalized spacial score (nSPS) is 11.6. The van der Waals surface area contributed by atoms with E-state index in [2.05, 4.69) is 37.3 Å². The number of fused-ring (bicyclic) bond motifs is 3. The number of rotatable bonds is 13. The Morgan fingerprint density at radius 2 is 1.65 bits per heavy atom. The standard InChI is InChI=1S/C27H35NO3/c1-2-3-4-5-6-7-8-11-17-28(18-19-29)27(30)31-21-23-14-12-16-25-24-15-10-9-13-22(24)20-26(23)25/h9-10,12-16,19H,2-8,11,17-18,20-21H2,1H3. The topological polar surface area (TPSA) is 46.6 Å². The molecule has 0 unspecified atom stereocenters. The molecule has 31 heavy (non-hydrogen) atoms. The van der Waals surface area contributed by atoms with Gasteiger partial charge < -0.3 is 14.4 Å². The first-order valence-electron chi connectivity index (χ1n) is 11.8. The van der Waals surface area contributed by atoms with Crippen LogP contribution in [-0.4, -0.2) is 30.4 Å². The largest absolute Gasteiger partial charge is 0.445 e. The smallest absolute Gasteiger partial charge is 0.410 e. The quantitative estimate of drug-likeness (QED) is 0.233. The van der Waals surface area contributed by atoms with Crippen molar-refractivity contribution in [1.29, 1.82) is 0 Å². The molecule has 1 aliphatic rings. The molecule has 0 radical (unpaired) electrons. The van der Waals surface area contributed by atoms with Gasteiger partial charge in [-0.25, -0.2) is 4.79 Å². The number of aldehydes is 1. The van der Waals surface area contributed by atoms with Crippen LogP contribution in [0.2, 0.25) is 0 Å².